The minimum Gasteiger partial charge on any atom is -0.465 e. The Morgan fingerprint density at radius 1 is 1.25 bits per heavy atom. The van der Waals surface area contributed by atoms with Crippen LogP contribution in [0.25, 0.3) is 0 Å². The zero-order chi connectivity index (χ0) is 20.3. The average Bonchev–Trinajstić information content (AvgIpc) is 2.83. The Morgan fingerprint density at radius 3 is 2.71 bits per heavy atom. The predicted molar refractivity (Wildman–Crippen MR) is 115 cm³/mol. The Labute approximate surface area is 172 Å². The van der Waals surface area contributed by atoms with E-state index in [1.165, 1.54) is 29.4 Å². The van der Waals surface area contributed by atoms with Crippen molar-refractivity contribution in [2.75, 3.05) is 17.7 Å². The van der Waals surface area contributed by atoms with Crippen LogP contribution in [0.15, 0.2) is 18.2 Å². The molecule has 0 spiro atoms. The second kappa shape index (κ2) is 8.66. The highest BCUT2D eigenvalue weighted by atomic mass is 32.1. The van der Waals surface area contributed by atoms with Gasteiger partial charge >= 0.3 is 5.97 Å². The molecule has 1 aromatic carbocycles. The van der Waals surface area contributed by atoms with E-state index in [2.05, 4.69) is 10.6 Å². The second-order valence-corrected chi connectivity index (χ2v) is 8.13. The summed E-state index contributed by atoms with van der Waals surface area (Å²) < 4.78 is 4.98. The molecule has 3 rings (SSSR count). The van der Waals surface area contributed by atoms with Gasteiger partial charge in [-0.3, -0.25) is 10.1 Å². The SMILES string of the molecule is COC(=O)c1c(NC(=S)Nc2ccc(C)cc2[N+](=O)[O-])sc2c1CCCCC2. The maximum Gasteiger partial charge on any atom is 0.341 e. The van der Waals surface area contributed by atoms with Gasteiger partial charge < -0.3 is 15.4 Å². The fourth-order valence-electron chi connectivity index (χ4n) is 3.30. The van der Waals surface area contributed by atoms with E-state index in [0.29, 0.717) is 16.3 Å². The van der Waals surface area contributed by atoms with E-state index in [0.717, 1.165) is 43.2 Å². The number of anilines is 2. The molecule has 28 heavy (non-hydrogen) atoms. The lowest BCUT2D eigenvalue weighted by Crippen LogP contribution is -2.21. The molecule has 1 aliphatic carbocycles. The van der Waals surface area contributed by atoms with Crippen LogP contribution in [0.2, 0.25) is 0 Å². The number of esters is 1. The standard InChI is InChI=1S/C19H21N3O4S2/c1-11-8-9-13(14(10-11)22(24)25)20-19(27)21-17-16(18(23)26-2)12-6-4-3-5-7-15(12)28-17/h8-10H,3-7H2,1-2H3,(H2,20,21,27). The van der Waals surface area contributed by atoms with Crippen LogP contribution in [-0.2, 0) is 17.6 Å². The largest absolute Gasteiger partial charge is 0.465 e. The normalized spacial score (nSPS) is 13.2. The number of ether oxygens (including phenoxy) is 1. The minimum atomic E-state index is -0.453. The molecule has 2 N–H and O–H groups in total. The van der Waals surface area contributed by atoms with Gasteiger partial charge in [0.05, 0.1) is 17.6 Å². The monoisotopic (exact) mass is 419 g/mol. The van der Waals surface area contributed by atoms with Gasteiger partial charge in [0, 0.05) is 10.9 Å². The maximum absolute atomic E-state index is 12.4. The zero-order valence-corrected chi connectivity index (χ0v) is 17.3. The first kappa shape index (κ1) is 20.2. The van der Waals surface area contributed by atoms with Crippen molar-refractivity contribution in [2.45, 2.75) is 39.0 Å². The fourth-order valence-corrected chi connectivity index (χ4v) is 4.86. The number of hydrogen-bond acceptors (Lipinski definition) is 6. The molecule has 7 nitrogen and oxygen atoms in total. The van der Waals surface area contributed by atoms with Crippen LogP contribution in [-0.4, -0.2) is 23.1 Å². The summed E-state index contributed by atoms with van der Waals surface area (Å²) in [6.07, 6.45) is 5.02. The summed E-state index contributed by atoms with van der Waals surface area (Å²) in [5, 5.41) is 18.0. The van der Waals surface area contributed by atoms with E-state index >= 15 is 0 Å². The molecule has 1 heterocycles. The van der Waals surface area contributed by atoms with Crippen LogP contribution in [0.4, 0.5) is 16.4 Å². The zero-order valence-electron chi connectivity index (χ0n) is 15.7. The van der Waals surface area contributed by atoms with Crippen LogP contribution in [0.1, 0.15) is 45.6 Å². The van der Waals surface area contributed by atoms with Gasteiger partial charge in [-0.2, -0.15) is 0 Å². The molecule has 148 valence electrons. The molecular weight excluding hydrogens is 398 g/mol. The summed E-state index contributed by atoms with van der Waals surface area (Å²) in [5.74, 6) is -0.397. The first-order chi connectivity index (χ1) is 13.4. The molecular formula is C19H21N3O4S2. The number of aryl methyl sites for hydroxylation is 2. The molecule has 0 radical (unpaired) electrons. The molecule has 9 heteroatoms. The van der Waals surface area contributed by atoms with Crippen molar-refractivity contribution in [3.05, 3.63) is 49.9 Å². The third-order valence-electron chi connectivity index (χ3n) is 4.64. The molecule has 0 fully saturated rings. The number of carbonyl (C=O) groups is 1. The third-order valence-corrected chi connectivity index (χ3v) is 6.05. The van der Waals surface area contributed by atoms with Gasteiger partial charge in [0.15, 0.2) is 5.11 Å². The number of fused-ring (bicyclic) bond motifs is 1. The molecule has 2 aromatic rings. The number of nitro groups is 1. The average molecular weight is 420 g/mol. The Hall–Kier alpha value is -2.52. The number of thiophene rings is 1. The Bertz CT molecular complexity index is 940. The summed E-state index contributed by atoms with van der Waals surface area (Å²) >= 11 is 6.85. The van der Waals surface area contributed by atoms with Gasteiger partial charge in [-0.05, 0) is 62.0 Å². The molecule has 1 aromatic heterocycles. The van der Waals surface area contributed by atoms with Gasteiger partial charge in [-0.1, -0.05) is 12.5 Å². The van der Waals surface area contributed by atoms with Crippen molar-refractivity contribution in [1.29, 1.82) is 0 Å². The highest BCUT2D eigenvalue weighted by Crippen LogP contribution is 2.38. The number of nitrogens with one attached hydrogen (secondary N) is 2. The molecule has 0 bridgehead atoms. The number of benzene rings is 1. The van der Waals surface area contributed by atoms with Gasteiger partial charge in [0.2, 0.25) is 0 Å². The first-order valence-electron chi connectivity index (χ1n) is 8.96. The Kier molecular flexibility index (Phi) is 6.25. The van der Waals surface area contributed by atoms with Crippen LogP contribution in [0.3, 0.4) is 0 Å². The number of rotatable bonds is 4. The molecule has 0 saturated carbocycles. The lowest BCUT2D eigenvalue weighted by Gasteiger charge is -2.12. The van der Waals surface area contributed by atoms with Crippen LogP contribution in [0.5, 0.6) is 0 Å². The smallest absolute Gasteiger partial charge is 0.341 e. The van der Waals surface area contributed by atoms with Crippen molar-refractivity contribution in [3.8, 4) is 0 Å². The number of methoxy groups -OCH3 is 1. The number of hydrogen-bond donors (Lipinski definition) is 2. The van der Waals surface area contributed by atoms with Gasteiger partial charge in [-0.15, -0.1) is 11.3 Å². The van der Waals surface area contributed by atoms with Crippen LogP contribution < -0.4 is 10.6 Å². The summed E-state index contributed by atoms with van der Waals surface area (Å²) in [6.45, 7) is 1.79. The molecule has 1 aliphatic rings. The lowest BCUT2D eigenvalue weighted by molar-refractivity contribution is -0.383. The number of nitro benzene ring substituents is 1. The molecule has 0 amide bonds. The quantitative estimate of drug-likeness (QED) is 0.241. The topological polar surface area (TPSA) is 93.5 Å². The Morgan fingerprint density at radius 2 is 2.00 bits per heavy atom. The van der Waals surface area contributed by atoms with Crippen LogP contribution in [0, 0.1) is 17.0 Å². The van der Waals surface area contributed by atoms with Crippen molar-refractivity contribution in [3.63, 3.8) is 0 Å². The van der Waals surface area contributed by atoms with E-state index in [1.807, 2.05) is 0 Å². The van der Waals surface area contributed by atoms with Crippen molar-refractivity contribution < 1.29 is 14.5 Å². The van der Waals surface area contributed by atoms with Crippen molar-refractivity contribution in [1.82, 2.24) is 0 Å². The van der Waals surface area contributed by atoms with Gasteiger partial charge in [0.1, 0.15) is 10.7 Å². The number of nitrogens with zero attached hydrogens (tertiary/aromatic N) is 1. The number of thiocarbonyl (C=S) groups is 1. The predicted octanol–water partition coefficient (Wildman–Crippen LogP) is 4.83. The minimum absolute atomic E-state index is 0.0562. The maximum atomic E-state index is 12.4. The summed E-state index contributed by atoms with van der Waals surface area (Å²) in [6, 6.07) is 4.87. The highest BCUT2D eigenvalue weighted by Gasteiger charge is 2.26. The first-order valence-corrected chi connectivity index (χ1v) is 10.2. The molecule has 0 atom stereocenters. The molecule has 0 aliphatic heterocycles. The van der Waals surface area contributed by atoms with E-state index < -0.39 is 10.9 Å². The van der Waals surface area contributed by atoms with E-state index in [4.69, 9.17) is 17.0 Å². The highest BCUT2D eigenvalue weighted by molar-refractivity contribution is 7.80. The van der Waals surface area contributed by atoms with E-state index in [1.54, 1.807) is 19.1 Å². The summed E-state index contributed by atoms with van der Waals surface area (Å²) in [4.78, 5) is 24.4. The van der Waals surface area contributed by atoms with Crippen molar-refractivity contribution in [2.24, 2.45) is 0 Å². The molecule has 0 saturated heterocycles. The van der Waals surface area contributed by atoms with Crippen molar-refractivity contribution >= 4 is 51.0 Å². The lowest BCUT2D eigenvalue weighted by atomic mass is 10.1. The van der Waals surface area contributed by atoms with Crippen LogP contribution >= 0.6 is 23.6 Å². The van der Waals surface area contributed by atoms with E-state index in [-0.39, 0.29) is 10.8 Å². The number of carbonyl (C=O) groups excluding carboxylic acids is 1. The summed E-state index contributed by atoms with van der Waals surface area (Å²) in [5.41, 5.74) is 2.57. The molecule has 0 unspecified atom stereocenters. The van der Waals surface area contributed by atoms with Gasteiger partial charge in [-0.25, -0.2) is 4.79 Å². The second-order valence-electron chi connectivity index (χ2n) is 6.62. The van der Waals surface area contributed by atoms with E-state index in [9.17, 15) is 14.9 Å². The third kappa shape index (κ3) is 4.31. The van der Waals surface area contributed by atoms with Gasteiger partial charge in [0.25, 0.3) is 5.69 Å². The summed E-state index contributed by atoms with van der Waals surface area (Å²) in [7, 11) is 1.36. The Balaban J connectivity index is 1.87. The fraction of sp³-hybridized carbons (Fsp3) is 0.368.